The van der Waals surface area contributed by atoms with E-state index < -0.39 is 17.0 Å². The fraction of sp³-hybridized carbons (Fsp3) is 0.0833. The number of nitrogens with zero attached hydrogens (tertiary/aromatic N) is 2. The Kier molecular flexibility index (Phi) is 3.89. The van der Waals surface area contributed by atoms with Gasteiger partial charge in [0.1, 0.15) is 5.75 Å². The van der Waals surface area contributed by atoms with Crippen LogP contribution in [0.1, 0.15) is 15.9 Å². The fourth-order valence-electron chi connectivity index (χ4n) is 1.29. The molecule has 0 spiro atoms. The maximum absolute atomic E-state index is 12.4. The van der Waals surface area contributed by atoms with Gasteiger partial charge in [0.25, 0.3) is 5.24 Å². The van der Waals surface area contributed by atoms with E-state index in [4.69, 9.17) is 16.3 Å². The summed E-state index contributed by atoms with van der Waals surface area (Å²) in [4.78, 5) is 18.2. The minimum absolute atomic E-state index is 0.0893. The third-order valence-corrected chi connectivity index (χ3v) is 2.46. The van der Waals surface area contributed by atoms with Gasteiger partial charge in [0.2, 0.25) is 0 Å². The first-order valence-electron chi connectivity index (χ1n) is 5.23. The SMILES string of the molecule is O=C(Cl)c1cnc(Oc2ccc(C(F)(F)F)cc2)nc1. The summed E-state index contributed by atoms with van der Waals surface area (Å²) in [6, 6.07) is 3.95. The molecule has 4 nitrogen and oxygen atoms in total. The Bertz CT molecular complexity index is 612. The Balaban J connectivity index is 2.12. The number of carbonyl (C=O) groups is 1. The van der Waals surface area contributed by atoms with E-state index in [0.29, 0.717) is 0 Å². The van der Waals surface area contributed by atoms with E-state index in [1.165, 1.54) is 0 Å². The van der Waals surface area contributed by atoms with Crippen LogP contribution in [0.4, 0.5) is 13.2 Å². The van der Waals surface area contributed by atoms with Gasteiger partial charge in [0, 0.05) is 12.4 Å². The Morgan fingerprint density at radius 1 is 1.10 bits per heavy atom. The molecule has 0 aliphatic heterocycles. The molecule has 0 aliphatic rings. The molecule has 20 heavy (non-hydrogen) atoms. The van der Waals surface area contributed by atoms with Gasteiger partial charge in [-0.25, -0.2) is 9.97 Å². The van der Waals surface area contributed by atoms with Crippen molar-refractivity contribution in [3.05, 3.63) is 47.8 Å². The lowest BCUT2D eigenvalue weighted by atomic mass is 10.2. The van der Waals surface area contributed by atoms with Crippen LogP contribution >= 0.6 is 11.6 Å². The molecule has 104 valence electrons. The highest BCUT2D eigenvalue weighted by atomic mass is 35.5. The first kappa shape index (κ1) is 14.3. The van der Waals surface area contributed by atoms with Gasteiger partial charge in [0.15, 0.2) is 0 Å². The van der Waals surface area contributed by atoms with Gasteiger partial charge in [0.05, 0.1) is 11.1 Å². The molecule has 0 N–H and O–H groups in total. The van der Waals surface area contributed by atoms with Gasteiger partial charge in [-0.2, -0.15) is 13.2 Å². The van der Waals surface area contributed by atoms with Crippen molar-refractivity contribution in [3.8, 4) is 11.8 Å². The van der Waals surface area contributed by atoms with Crippen molar-refractivity contribution in [1.29, 1.82) is 0 Å². The summed E-state index contributed by atoms with van der Waals surface area (Å²) in [5.41, 5.74) is -0.694. The highest BCUT2D eigenvalue weighted by Gasteiger charge is 2.30. The topological polar surface area (TPSA) is 52.1 Å². The number of carbonyl (C=O) groups excluding carboxylic acids is 1. The molecule has 0 fully saturated rings. The van der Waals surface area contributed by atoms with Gasteiger partial charge >= 0.3 is 12.2 Å². The third kappa shape index (κ3) is 3.45. The van der Waals surface area contributed by atoms with E-state index in [1.54, 1.807) is 0 Å². The van der Waals surface area contributed by atoms with Gasteiger partial charge in [-0.1, -0.05) is 0 Å². The molecule has 1 aromatic carbocycles. The lowest BCUT2D eigenvalue weighted by molar-refractivity contribution is -0.137. The lowest BCUT2D eigenvalue weighted by Gasteiger charge is -2.07. The predicted molar refractivity (Wildman–Crippen MR) is 63.7 cm³/mol. The molecule has 0 bridgehead atoms. The summed E-state index contributed by atoms with van der Waals surface area (Å²) in [6.45, 7) is 0. The van der Waals surface area contributed by atoms with E-state index in [2.05, 4.69) is 9.97 Å². The monoisotopic (exact) mass is 302 g/mol. The number of ether oxygens (including phenoxy) is 1. The molecule has 0 unspecified atom stereocenters. The van der Waals surface area contributed by atoms with Crippen molar-refractivity contribution in [1.82, 2.24) is 9.97 Å². The molecule has 0 atom stereocenters. The molecule has 2 rings (SSSR count). The largest absolute Gasteiger partial charge is 0.424 e. The minimum Gasteiger partial charge on any atom is -0.424 e. The van der Waals surface area contributed by atoms with Gasteiger partial charge in [-0.15, -0.1) is 0 Å². The van der Waals surface area contributed by atoms with Crippen LogP contribution in [0.15, 0.2) is 36.7 Å². The quantitative estimate of drug-likeness (QED) is 0.812. The second-order valence-electron chi connectivity index (χ2n) is 3.65. The number of hydrogen-bond acceptors (Lipinski definition) is 4. The zero-order chi connectivity index (χ0) is 14.8. The summed E-state index contributed by atoms with van der Waals surface area (Å²) in [5, 5.41) is -0.717. The number of alkyl halides is 3. The predicted octanol–water partition coefficient (Wildman–Crippen LogP) is 3.67. The van der Waals surface area contributed by atoms with Crippen LogP contribution in [-0.4, -0.2) is 15.2 Å². The fourth-order valence-corrected chi connectivity index (χ4v) is 1.39. The summed E-state index contributed by atoms with van der Waals surface area (Å²) < 4.78 is 42.2. The molecule has 8 heteroatoms. The van der Waals surface area contributed by atoms with E-state index in [9.17, 15) is 18.0 Å². The zero-order valence-electron chi connectivity index (χ0n) is 9.69. The number of hydrogen-bond donors (Lipinski definition) is 0. The molecular weight excluding hydrogens is 297 g/mol. The third-order valence-electron chi connectivity index (χ3n) is 2.25. The van der Waals surface area contributed by atoms with Gasteiger partial charge < -0.3 is 4.74 Å². The maximum Gasteiger partial charge on any atom is 0.416 e. The van der Waals surface area contributed by atoms with Crippen molar-refractivity contribution >= 4 is 16.8 Å². The van der Waals surface area contributed by atoms with Crippen LogP contribution in [0, 0.1) is 0 Å². The van der Waals surface area contributed by atoms with Crippen molar-refractivity contribution in [2.45, 2.75) is 6.18 Å². The van der Waals surface area contributed by atoms with Crippen molar-refractivity contribution in [2.75, 3.05) is 0 Å². The molecule has 0 aliphatic carbocycles. The summed E-state index contributed by atoms with van der Waals surface area (Å²) >= 11 is 5.21. The van der Waals surface area contributed by atoms with E-state index in [0.717, 1.165) is 36.7 Å². The highest BCUT2D eigenvalue weighted by molar-refractivity contribution is 6.67. The summed E-state index contributed by atoms with van der Waals surface area (Å²) in [7, 11) is 0. The Morgan fingerprint density at radius 2 is 1.65 bits per heavy atom. The summed E-state index contributed by atoms with van der Waals surface area (Å²) in [6.07, 6.45) is -2.10. The van der Waals surface area contributed by atoms with Crippen LogP contribution < -0.4 is 4.74 Å². The second kappa shape index (κ2) is 5.46. The van der Waals surface area contributed by atoms with Crippen molar-refractivity contribution in [2.24, 2.45) is 0 Å². The zero-order valence-corrected chi connectivity index (χ0v) is 10.4. The minimum atomic E-state index is -4.41. The van der Waals surface area contributed by atoms with Gasteiger partial charge in [-0.3, -0.25) is 4.79 Å². The number of aromatic nitrogens is 2. The normalized spacial score (nSPS) is 11.2. The first-order valence-corrected chi connectivity index (χ1v) is 5.61. The average molecular weight is 303 g/mol. The smallest absolute Gasteiger partial charge is 0.416 e. The molecule has 1 aromatic heterocycles. The van der Waals surface area contributed by atoms with Crippen LogP contribution in [0.2, 0.25) is 0 Å². The Labute approximate surface area is 116 Å². The second-order valence-corrected chi connectivity index (χ2v) is 4.00. The van der Waals surface area contributed by atoms with Crippen LogP contribution in [-0.2, 0) is 6.18 Å². The number of benzene rings is 1. The molecular formula is C12H6ClF3N2O2. The molecule has 2 aromatic rings. The maximum atomic E-state index is 12.4. The molecule has 0 amide bonds. The number of rotatable bonds is 3. The van der Waals surface area contributed by atoms with Crippen molar-refractivity contribution in [3.63, 3.8) is 0 Å². The van der Waals surface area contributed by atoms with Crippen LogP contribution in [0.3, 0.4) is 0 Å². The van der Waals surface area contributed by atoms with Crippen LogP contribution in [0.5, 0.6) is 11.8 Å². The van der Waals surface area contributed by atoms with E-state index in [1.807, 2.05) is 0 Å². The molecule has 0 saturated carbocycles. The highest BCUT2D eigenvalue weighted by Crippen LogP contribution is 2.30. The Morgan fingerprint density at radius 3 is 2.10 bits per heavy atom. The van der Waals surface area contributed by atoms with Crippen LogP contribution in [0.25, 0.3) is 0 Å². The van der Waals surface area contributed by atoms with E-state index >= 15 is 0 Å². The van der Waals surface area contributed by atoms with Crippen molar-refractivity contribution < 1.29 is 22.7 Å². The molecule has 1 heterocycles. The van der Waals surface area contributed by atoms with Gasteiger partial charge in [-0.05, 0) is 35.9 Å². The molecule has 0 radical (unpaired) electrons. The molecule has 0 saturated heterocycles. The average Bonchev–Trinajstić information content (AvgIpc) is 2.39. The standard InChI is InChI=1S/C12H6ClF3N2O2/c13-10(19)7-5-17-11(18-6-7)20-9-3-1-8(2-4-9)12(14,15)16/h1-6H. The number of halogens is 4. The lowest BCUT2D eigenvalue weighted by Crippen LogP contribution is -2.04. The Hall–Kier alpha value is -2.15. The van der Waals surface area contributed by atoms with E-state index in [-0.39, 0.29) is 17.3 Å². The first-order chi connectivity index (χ1) is 9.36. The summed E-state index contributed by atoms with van der Waals surface area (Å²) in [5.74, 6) is 0.142.